The molecule has 0 saturated heterocycles. The lowest BCUT2D eigenvalue weighted by Crippen LogP contribution is -2.84. The third-order valence-corrected chi connectivity index (χ3v) is 9.83. The number of carbonyl (C=O) groups is 1. The fourth-order valence-corrected chi connectivity index (χ4v) is 7.99. The molecule has 0 aromatic carbocycles. The van der Waals surface area contributed by atoms with E-state index in [1.807, 2.05) is 0 Å². The van der Waals surface area contributed by atoms with E-state index in [1.54, 1.807) is 13.8 Å². The minimum Gasteiger partial charge on any atom is -0.457 e. The molecule has 0 spiro atoms. The summed E-state index contributed by atoms with van der Waals surface area (Å²) in [6.07, 6.45) is 1.14. The van der Waals surface area contributed by atoms with E-state index in [0.29, 0.717) is 37.5 Å². The summed E-state index contributed by atoms with van der Waals surface area (Å²) in [5.74, 6) is -37.0. The van der Waals surface area contributed by atoms with E-state index < -0.39 is 57.2 Å². The molecule has 0 heterocycles. The molecule has 5 aliphatic rings. The molecule has 0 aromatic heterocycles. The highest BCUT2D eigenvalue weighted by Crippen LogP contribution is 2.70. The van der Waals surface area contributed by atoms with E-state index in [-0.39, 0.29) is 17.8 Å². The Kier molecular flexibility index (Phi) is 6.31. The van der Waals surface area contributed by atoms with Crippen LogP contribution in [0.1, 0.15) is 52.4 Å². The molecule has 0 aromatic rings. The van der Waals surface area contributed by atoms with Gasteiger partial charge in [0, 0.05) is 6.42 Å². The highest BCUT2D eigenvalue weighted by Gasteiger charge is 3.00. The summed E-state index contributed by atoms with van der Waals surface area (Å²) >= 11 is 0.871. The third kappa shape index (κ3) is 3.16. The second-order valence-corrected chi connectivity index (χ2v) is 12.6. The van der Waals surface area contributed by atoms with Crippen LogP contribution in [0.5, 0.6) is 0 Å². The first-order chi connectivity index (χ1) is 16.1. The first-order valence-electron chi connectivity index (χ1n) is 11.6. The molecule has 0 radical (unpaired) electrons. The summed E-state index contributed by atoms with van der Waals surface area (Å²) in [6.45, 7) is 3.45. The molecule has 0 amide bonds. The number of carbonyl (C=O) groups excluding carboxylic acids is 1. The van der Waals surface area contributed by atoms with E-state index in [9.17, 15) is 48.7 Å². The summed E-state index contributed by atoms with van der Waals surface area (Å²) in [6, 6.07) is 0. The predicted octanol–water partition coefficient (Wildman–Crippen LogP) is 7.47. The topological polar surface area (TPSA) is 26.3 Å². The second-order valence-electron chi connectivity index (χ2n) is 11.1. The average molecular weight is 656 g/mol. The number of rotatable bonds is 5. The third-order valence-electron chi connectivity index (χ3n) is 8.88. The smallest absolute Gasteiger partial charge is 0.384 e. The molecule has 5 rings (SSSR count). The van der Waals surface area contributed by atoms with E-state index in [4.69, 9.17) is 4.74 Å². The Balaban J connectivity index is 1.65. The Morgan fingerprint density at radius 3 is 1.44 bits per heavy atom. The minimum atomic E-state index is -7.27. The maximum Gasteiger partial charge on any atom is 0.384 e. The maximum atomic E-state index is 15.2. The lowest BCUT2D eigenvalue weighted by Gasteiger charge is -2.62. The normalized spacial score (nSPS) is 41.2. The van der Waals surface area contributed by atoms with Crippen LogP contribution in [0.25, 0.3) is 0 Å². The zero-order valence-electron chi connectivity index (χ0n) is 19.1. The largest absolute Gasteiger partial charge is 0.457 e. The predicted molar refractivity (Wildman–Crippen MR) is 112 cm³/mol. The van der Waals surface area contributed by atoms with Gasteiger partial charge in [-0.25, -0.2) is 4.39 Å². The SMILES string of the molecule is CC(C)C1(OC(=O)C(I)CC2(F)C(F)(F)C(F)(F)C(F)(F)C(F)(F)C2(F)F)C2CC3CC(C2)CC1C3. The van der Waals surface area contributed by atoms with Crippen LogP contribution >= 0.6 is 22.6 Å². The maximum absolute atomic E-state index is 15.2. The summed E-state index contributed by atoms with van der Waals surface area (Å²) in [5.41, 5.74) is -7.34. The molecule has 2 nitrogen and oxygen atoms in total. The van der Waals surface area contributed by atoms with Crippen molar-refractivity contribution in [1.29, 1.82) is 0 Å². The van der Waals surface area contributed by atoms with Crippen molar-refractivity contribution in [3.8, 4) is 0 Å². The van der Waals surface area contributed by atoms with Crippen molar-refractivity contribution in [2.24, 2.45) is 29.6 Å². The van der Waals surface area contributed by atoms with Crippen molar-refractivity contribution < 1.29 is 57.8 Å². The van der Waals surface area contributed by atoms with Crippen LogP contribution in [-0.4, -0.2) is 50.8 Å². The van der Waals surface area contributed by atoms with Gasteiger partial charge in [-0.1, -0.05) is 36.4 Å². The van der Waals surface area contributed by atoms with E-state index in [0.717, 1.165) is 29.0 Å². The Morgan fingerprint density at radius 1 is 0.722 bits per heavy atom. The van der Waals surface area contributed by atoms with Gasteiger partial charge in [-0.3, -0.25) is 4.79 Å². The van der Waals surface area contributed by atoms with E-state index in [1.165, 1.54) is 0 Å². The van der Waals surface area contributed by atoms with E-state index in [2.05, 4.69) is 0 Å². The highest BCUT2D eigenvalue weighted by atomic mass is 127. The first-order valence-corrected chi connectivity index (χ1v) is 12.8. The summed E-state index contributed by atoms with van der Waals surface area (Å²) in [7, 11) is 0. The molecule has 4 bridgehead atoms. The van der Waals surface area contributed by atoms with Crippen molar-refractivity contribution >= 4 is 28.6 Å². The van der Waals surface area contributed by atoms with Gasteiger partial charge in [0.15, 0.2) is 0 Å². The van der Waals surface area contributed by atoms with Crippen LogP contribution in [0.15, 0.2) is 0 Å². The van der Waals surface area contributed by atoms with Gasteiger partial charge in [-0.2, -0.15) is 43.9 Å². The van der Waals surface area contributed by atoms with Crippen molar-refractivity contribution in [3.63, 3.8) is 0 Å². The monoisotopic (exact) mass is 656 g/mol. The standard InChI is InChI=1S/C22H24F11IO2/c1-9(2)17(12-4-10-3-11(6-12)7-13(17)5-10)36-15(35)14(34)8-16(23)18(24,25)20(28,29)22(32,33)21(30,31)19(16,26)27/h9-14H,3-8H2,1-2H3. The molecule has 0 N–H and O–H groups in total. The molecular formula is C22H24F11IO2. The van der Waals surface area contributed by atoms with Crippen molar-refractivity contribution in [2.45, 2.75) is 97.2 Å². The van der Waals surface area contributed by atoms with Crippen molar-refractivity contribution in [1.82, 2.24) is 0 Å². The molecule has 5 aliphatic carbocycles. The summed E-state index contributed by atoms with van der Waals surface area (Å²) in [4.78, 5) is 12.9. The Bertz CT molecular complexity index is 862. The van der Waals surface area contributed by atoms with Gasteiger partial charge < -0.3 is 4.74 Å². The van der Waals surface area contributed by atoms with Gasteiger partial charge >= 0.3 is 35.6 Å². The van der Waals surface area contributed by atoms with Crippen LogP contribution in [-0.2, 0) is 9.53 Å². The average Bonchev–Trinajstić information content (AvgIpc) is 2.73. The van der Waals surface area contributed by atoms with Gasteiger partial charge in [-0.15, -0.1) is 0 Å². The lowest BCUT2D eigenvalue weighted by molar-refractivity contribution is -0.485. The van der Waals surface area contributed by atoms with E-state index >= 15 is 4.39 Å². The van der Waals surface area contributed by atoms with Crippen molar-refractivity contribution in [3.05, 3.63) is 0 Å². The molecule has 5 saturated carbocycles. The van der Waals surface area contributed by atoms with Gasteiger partial charge in [-0.05, 0) is 61.7 Å². The van der Waals surface area contributed by atoms with Crippen LogP contribution in [0.4, 0.5) is 48.3 Å². The van der Waals surface area contributed by atoms with Gasteiger partial charge in [0.2, 0.25) is 0 Å². The van der Waals surface area contributed by atoms with Gasteiger partial charge in [0.1, 0.15) is 9.53 Å². The Hall–Kier alpha value is -0.570. The quantitative estimate of drug-likeness (QED) is 0.133. The molecule has 1 unspecified atom stereocenters. The fraction of sp³-hybridized carbons (Fsp3) is 0.955. The molecular weight excluding hydrogens is 632 g/mol. The molecule has 14 heteroatoms. The molecule has 0 aliphatic heterocycles. The fourth-order valence-electron chi connectivity index (χ4n) is 7.26. The number of hydrogen-bond donors (Lipinski definition) is 0. The first kappa shape index (κ1) is 28.4. The highest BCUT2D eigenvalue weighted by molar-refractivity contribution is 14.1. The van der Waals surface area contributed by atoms with Gasteiger partial charge in [0.25, 0.3) is 5.67 Å². The summed E-state index contributed by atoms with van der Waals surface area (Å²) < 4.78 is 158. The molecule has 1 atom stereocenters. The Labute approximate surface area is 213 Å². The van der Waals surface area contributed by atoms with Crippen LogP contribution in [0, 0.1) is 29.6 Å². The van der Waals surface area contributed by atoms with Crippen LogP contribution in [0.2, 0.25) is 0 Å². The van der Waals surface area contributed by atoms with Crippen molar-refractivity contribution in [2.75, 3.05) is 0 Å². The van der Waals surface area contributed by atoms with Gasteiger partial charge in [0.05, 0.1) is 0 Å². The van der Waals surface area contributed by atoms with Crippen LogP contribution < -0.4 is 0 Å². The molecule has 208 valence electrons. The second kappa shape index (κ2) is 7.98. The lowest BCUT2D eigenvalue weighted by atomic mass is 9.47. The molecule has 36 heavy (non-hydrogen) atoms. The number of ether oxygens (including phenoxy) is 1. The number of halogens is 12. The minimum absolute atomic E-state index is 0.162. The zero-order valence-corrected chi connectivity index (χ0v) is 21.2. The zero-order chi connectivity index (χ0) is 27.5. The number of alkyl halides is 12. The number of esters is 1. The number of hydrogen-bond acceptors (Lipinski definition) is 2. The molecule has 5 fully saturated rings. The summed E-state index contributed by atoms with van der Waals surface area (Å²) in [5, 5.41) is 0. The Morgan fingerprint density at radius 2 is 1.08 bits per heavy atom. The van der Waals surface area contributed by atoms with Crippen LogP contribution in [0.3, 0.4) is 0 Å².